The van der Waals surface area contributed by atoms with E-state index in [9.17, 15) is 4.79 Å². The van der Waals surface area contributed by atoms with E-state index < -0.39 is 0 Å². The van der Waals surface area contributed by atoms with Gasteiger partial charge in [0, 0.05) is 11.4 Å². The van der Waals surface area contributed by atoms with Gasteiger partial charge in [-0.2, -0.15) is 5.26 Å². The minimum absolute atomic E-state index is 0.167. The molecule has 1 atom stereocenters. The first-order chi connectivity index (χ1) is 9.51. The van der Waals surface area contributed by atoms with Crippen LogP contribution in [-0.4, -0.2) is 16.9 Å². The molecule has 0 saturated heterocycles. The van der Waals surface area contributed by atoms with Crippen LogP contribution in [0.4, 0.5) is 0 Å². The maximum absolute atomic E-state index is 12.2. The lowest BCUT2D eigenvalue weighted by atomic mass is 10.1. The van der Waals surface area contributed by atoms with Crippen LogP contribution >= 0.6 is 0 Å². The van der Waals surface area contributed by atoms with Crippen LogP contribution in [0.25, 0.3) is 10.9 Å². The minimum atomic E-state index is -0.179. The van der Waals surface area contributed by atoms with E-state index in [0.29, 0.717) is 17.7 Å². The molecule has 102 valence electrons. The van der Waals surface area contributed by atoms with E-state index in [0.717, 1.165) is 16.5 Å². The second-order valence-electron chi connectivity index (χ2n) is 5.05. The number of amides is 1. The Labute approximate surface area is 118 Å². The third-order valence-corrected chi connectivity index (χ3v) is 3.18. The highest BCUT2D eigenvalue weighted by atomic mass is 16.1. The number of pyridine rings is 1. The van der Waals surface area contributed by atoms with Gasteiger partial charge < -0.3 is 5.32 Å². The number of hydrogen-bond acceptors (Lipinski definition) is 3. The Kier molecular flexibility index (Phi) is 3.99. The van der Waals surface area contributed by atoms with Gasteiger partial charge >= 0.3 is 0 Å². The number of benzene rings is 1. The fourth-order valence-electron chi connectivity index (χ4n) is 2.11. The molecule has 4 nitrogen and oxygen atoms in total. The van der Waals surface area contributed by atoms with Crippen LogP contribution < -0.4 is 5.32 Å². The Balaban J connectivity index is 2.36. The zero-order valence-corrected chi connectivity index (χ0v) is 11.9. The van der Waals surface area contributed by atoms with E-state index in [1.54, 1.807) is 0 Å². The number of carbonyl (C=O) groups excluding carboxylic acids is 1. The number of carbonyl (C=O) groups is 1. The summed E-state index contributed by atoms with van der Waals surface area (Å²) in [5, 5.41) is 12.4. The van der Waals surface area contributed by atoms with E-state index in [2.05, 4.69) is 10.3 Å². The lowest BCUT2D eigenvalue weighted by Gasteiger charge is -2.12. The van der Waals surface area contributed by atoms with Crippen molar-refractivity contribution in [3.63, 3.8) is 0 Å². The molecular weight excluding hydrogens is 250 g/mol. The predicted octanol–water partition coefficient (Wildman–Crippen LogP) is 2.88. The van der Waals surface area contributed by atoms with Crippen molar-refractivity contribution in [2.24, 2.45) is 0 Å². The number of aromatic nitrogens is 1. The highest BCUT2D eigenvalue weighted by Crippen LogP contribution is 2.18. The Hall–Kier alpha value is -2.41. The molecule has 0 spiro atoms. The van der Waals surface area contributed by atoms with E-state index in [1.165, 1.54) is 0 Å². The fourth-order valence-corrected chi connectivity index (χ4v) is 2.11. The molecule has 0 aliphatic carbocycles. The summed E-state index contributed by atoms with van der Waals surface area (Å²) in [5.41, 5.74) is 3.28. The van der Waals surface area contributed by atoms with Crippen molar-refractivity contribution in [1.82, 2.24) is 10.3 Å². The zero-order valence-electron chi connectivity index (χ0n) is 11.9. The fraction of sp³-hybridized carbons (Fsp3) is 0.312. The lowest BCUT2D eigenvalue weighted by Crippen LogP contribution is -2.32. The summed E-state index contributed by atoms with van der Waals surface area (Å²) >= 11 is 0. The largest absolute Gasteiger partial charge is 0.348 e. The van der Waals surface area contributed by atoms with E-state index >= 15 is 0 Å². The maximum Gasteiger partial charge on any atom is 0.253 e. The van der Waals surface area contributed by atoms with E-state index in [1.807, 2.05) is 51.1 Å². The molecule has 20 heavy (non-hydrogen) atoms. The Morgan fingerprint density at radius 1 is 1.40 bits per heavy atom. The van der Waals surface area contributed by atoms with Crippen molar-refractivity contribution in [2.75, 3.05) is 0 Å². The van der Waals surface area contributed by atoms with Gasteiger partial charge in [0.1, 0.15) is 0 Å². The number of fused-ring (bicyclic) bond motifs is 1. The first kappa shape index (κ1) is 14.0. The number of aryl methyl sites for hydroxylation is 2. The topological polar surface area (TPSA) is 65.8 Å². The van der Waals surface area contributed by atoms with E-state index in [4.69, 9.17) is 5.26 Å². The molecule has 1 amide bonds. The van der Waals surface area contributed by atoms with Gasteiger partial charge in [-0.1, -0.05) is 11.6 Å². The van der Waals surface area contributed by atoms with Crippen molar-refractivity contribution < 1.29 is 4.79 Å². The smallest absolute Gasteiger partial charge is 0.253 e. The maximum atomic E-state index is 12.2. The molecule has 0 saturated carbocycles. The van der Waals surface area contributed by atoms with Crippen molar-refractivity contribution in [2.45, 2.75) is 33.2 Å². The molecule has 4 heteroatoms. The molecule has 2 rings (SSSR count). The van der Waals surface area contributed by atoms with Crippen LogP contribution in [0.15, 0.2) is 24.3 Å². The van der Waals surface area contributed by atoms with Gasteiger partial charge in [-0.3, -0.25) is 9.78 Å². The highest BCUT2D eigenvalue weighted by molar-refractivity contribution is 5.98. The Morgan fingerprint density at radius 2 is 2.15 bits per heavy atom. The first-order valence-electron chi connectivity index (χ1n) is 6.57. The average molecular weight is 267 g/mol. The summed E-state index contributed by atoms with van der Waals surface area (Å²) in [4.78, 5) is 16.7. The molecule has 1 heterocycles. The van der Waals surface area contributed by atoms with Gasteiger partial charge in [-0.05, 0) is 39.0 Å². The summed E-state index contributed by atoms with van der Waals surface area (Å²) in [5.74, 6) is -0.179. The van der Waals surface area contributed by atoms with Crippen molar-refractivity contribution in [3.8, 4) is 6.07 Å². The molecular formula is C16H17N3O. The molecule has 1 aromatic heterocycles. The third-order valence-electron chi connectivity index (χ3n) is 3.18. The molecule has 1 aromatic carbocycles. The van der Waals surface area contributed by atoms with Crippen LogP contribution in [0.1, 0.15) is 35.0 Å². The normalized spacial score (nSPS) is 11.9. The monoisotopic (exact) mass is 267 g/mol. The lowest BCUT2D eigenvalue weighted by molar-refractivity contribution is 0.0940. The molecule has 0 radical (unpaired) electrons. The highest BCUT2D eigenvalue weighted by Gasteiger charge is 2.14. The molecule has 1 N–H and O–H groups in total. The van der Waals surface area contributed by atoms with Crippen LogP contribution in [0.3, 0.4) is 0 Å². The molecule has 0 aliphatic heterocycles. The van der Waals surface area contributed by atoms with Gasteiger partial charge in [0.15, 0.2) is 0 Å². The molecule has 0 unspecified atom stereocenters. The first-order valence-corrected chi connectivity index (χ1v) is 6.57. The zero-order chi connectivity index (χ0) is 14.7. The number of rotatable bonds is 3. The second kappa shape index (κ2) is 5.70. The van der Waals surface area contributed by atoms with Crippen LogP contribution in [0.2, 0.25) is 0 Å². The molecule has 0 bridgehead atoms. The van der Waals surface area contributed by atoms with Crippen LogP contribution in [0, 0.1) is 25.2 Å². The van der Waals surface area contributed by atoms with Crippen molar-refractivity contribution in [1.29, 1.82) is 5.26 Å². The summed E-state index contributed by atoms with van der Waals surface area (Å²) in [6.45, 7) is 5.65. The summed E-state index contributed by atoms with van der Waals surface area (Å²) in [7, 11) is 0. The predicted molar refractivity (Wildman–Crippen MR) is 78.4 cm³/mol. The Morgan fingerprint density at radius 3 is 2.85 bits per heavy atom. The SMILES string of the molecule is Cc1ccc2nc(C)c(C(=O)N[C@@H](C)CC#N)cc2c1. The summed E-state index contributed by atoms with van der Waals surface area (Å²) in [6, 6.07) is 9.71. The molecule has 0 fully saturated rings. The van der Waals surface area contributed by atoms with Gasteiger partial charge in [0.05, 0.1) is 29.3 Å². The minimum Gasteiger partial charge on any atom is -0.348 e. The third kappa shape index (κ3) is 2.94. The quantitative estimate of drug-likeness (QED) is 0.929. The van der Waals surface area contributed by atoms with E-state index in [-0.39, 0.29) is 11.9 Å². The van der Waals surface area contributed by atoms with Gasteiger partial charge in [-0.25, -0.2) is 0 Å². The average Bonchev–Trinajstić information content (AvgIpc) is 2.38. The van der Waals surface area contributed by atoms with Crippen molar-refractivity contribution in [3.05, 3.63) is 41.1 Å². The summed E-state index contributed by atoms with van der Waals surface area (Å²) < 4.78 is 0. The van der Waals surface area contributed by atoms with Gasteiger partial charge in [0.25, 0.3) is 5.91 Å². The van der Waals surface area contributed by atoms with Crippen LogP contribution in [0.5, 0.6) is 0 Å². The standard InChI is InChI=1S/C16H17N3O/c1-10-4-5-15-13(8-10)9-14(12(3)19-15)16(20)18-11(2)6-7-17/h4-5,8-9,11H,6H2,1-3H3,(H,18,20)/t11-/m0/s1. The molecule has 2 aromatic rings. The van der Waals surface area contributed by atoms with Gasteiger partial charge in [-0.15, -0.1) is 0 Å². The van der Waals surface area contributed by atoms with Crippen molar-refractivity contribution >= 4 is 16.8 Å². The number of nitriles is 1. The second-order valence-corrected chi connectivity index (χ2v) is 5.05. The molecule has 0 aliphatic rings. The Bertz CT molecular complexity index is 701. The number of nitrogens with one attached hydrogen (secondary N) is 1. The van der Waals surface area contributed by atoms with Crippen LogP contribution in [-0.2, 0) is 0 Å². The van der Waals surface area contributed by atoms with Gasteiger partial charge in [0.2, 0.25) is 0 Å². The summed E-state index contributed by atoms with van der Waals surface area (Å²) in [6.07, 6.45) is 0.297. The number of nitrogens with zero attached hydrogens (tertiary/aromatic N) is 2. The number of hydrogen-bond donors (Lipinski definition) is 1.